The third-order valence-electron chi connectivity index (χ3n) is 1.27. The first kappa shape index (κ1) is 17.8. The zero-order valence-corrected chi connectivity index (χ0v) is 11.3. The van der Waals surface area contributed by atoms with Gasteiger partial charge in [0.05, 0.1) is 41.0 Å². The molecule has 0 N–H and O–H groups in total. The lowest BCUT2D eigenvalue weighted by Crippen LogP contribution is -3.00. The van der Waals surface area contributed by atoms with Gasteiger partial charge in [0, 0.05) is 5.88 Å². The van der Waals surface area contributed by atoms with E-state index in [1.807, 2.05) is 28.1 Å². The Morgan fingerprint density at radius 3 is 2.20 bits per heavy atom. The summed E-state index contributed by atoms with van der Waals surface area (Å²) in [7, 11) is 5.80. The predicted molar refractivity (Wildman–Crippen MR) is 56.1 cm³/mol. The Hall–Kier alpha value is 0.420. The van der Waals surface area contributed by atoms with E-state index in [9.17, 15) is 0 Å². The van der Waals surface area contributed by atoms with Crippen molar-refractivity contribution in [3.8, 4) is 0 Å². The Morgan fingerprint density at radius 1 is 1.13 bits per heavy atom. The molecule has 6 heteroatoms. The molecule has 1 unspecified atom stereocenters. The lowest BCUT2D eigenvalue weighted by Gasteiger charge is -2.25. The third kappa shape index (κ3) is 14.4. The van der Waals surface area contributed by atoms with Crippen molar-refractivity contribution in [2.24, 2.45) is 0 Å². The molecule has 4 nitrogen and oxygen atoms in total. The second-order valence-electron chi connectivity index (χ2n) is 3.73. The van der Waals surface area contributed by atoms with E-state index in [4.69, 9.17) is 25.9 Å². The molecule has 0 spiro atoms. The number of ether oxygens (including phenoxy) is 2. The van der Waals surface area contributed by atoms with Crippen LogP contribution >= 0.6 is 11.6 Å². The number of hydrogen-bond donors (Lipinski definition) is 0. The fourth-order valence-corrected chi connectivity index (χ4v) is 1.01. The molecule has 0 heterocycles. The average Bonchev–Trinajstić information content (AvgIpc) is 2.00. The van der Waals surface area contributed by atoms with E-state index in [1.165, 1.54) is 0 Å². The van der Waals surface area contributed by atoms with Crippen molar-refractivity contribution < 1.29 is 31.4 Å². The van der Waals surface area contributed by atoms with Gasteiger partial charge in [-0.25, -0.2) is 0 Å². The molecule has 1 atom stereocenters. The van der Waals surface area contributed by atoms with E-state index in [-0.39, 0.29) is 18.7 Å². The van der Waals surface area contributed by atoms with Crippen LogP contribution in [0.25, 0.3) is 0 Å². The van der Waals surface area contributed by atoms with E-state index in [1.54, 1.807) is 0 Å². The molecule has 0 aromatic heterocycles. The lowest BCUT2D eigenvalue weighted by atomic mass is 10.7. The van der Waals surface area contributed by atoms with Crippen molar-refractivity contribution in [3.05, 3.63) is 0 Å². The van der Waals surface area contributed by atoms with E-state index < -0.39 is 0 Å². The second kappa shape index (κ2) is 9.63. The van der Waals surface area contributed by atoms with Crippen LogP contribution in [0.1, 0.15) is 6.92 Å². The van der Waals surface area contributed by atoms with E-state index in [0.29, 0.717) is 30.3 Å². The molecule has 0 saturated heterocycles. The maximum Gasteiger partial charge on any atom is 0.212 e. The van der Waals surface area contributed by atoms with Crippen LogP contribution in [0.15, 0.2) is 0 Å². The minimum atomic E-state index is -0.227. The Kier molecular flexibility index (Phi) is 11.4. The number of halogens is 2. The zero-order valence-electron chi connectivity index (χ0n) is 9.83. The summed E-state index contributed by atoms with van der Waals surface area (Å²) in [6.45, 7) is 3.51. The van der Waals surface area contributed by atoms with Gasteiger partial charge in [0.25, 0.3) is 0 Å². The normalized spacial score (nSPS) is 13.4. The summed E-state index contributed by atoms with van der Waals surface area (Å²) in [5.41, 5.74) is 0. The summed E-state index contributed by atoms with van der Waals surface area (Å²) in [5, 5.41) is 0. The van der Waals surface area contributed by atoms with Gasteiger partial charge in [-0.3, -0.25) is 0 Å². The van der Waals surface area contributed by atoms with Gasteiger partial charge in [0.1, 0.15) is 0 Å². The maximum absolute atomic E-state index is 5.48. The first-order valence-corrected chi connectivity index (χ1v) is 5.24. The Balaban J connectivity index is 0. The van der Waals surface area contributed by atoms with Crippen molar-refractivity contribution in [1.29, 1.82) is 0 Å². The third-order valence-corrected chi connectivity index (χ3v) is 1.42. The summed E-state index contributed by atoms with van der Waals surface area (Å²) in [6.07, 6.45) is -0.227. The van der Waals surface area contributed by atoms with Gasteiger partial charge in [-0.15, -0.1) is 11.6 Å². The molecule has 0 radical (unpaired) electrons. The maximum atomic E-state index is 5.48. The van der Waals surface area contributed by atoms with Crippen molar-refractivity contribution in [1.82, 2.24) is 0 Å². The summed E-state index contributed by atoms with van der Waals surface area (Å²) in [4.78, 5) is 5.48. The van der Waals surface area contributed by atoms with Gasteiger partial charge in [-0.2, -0.15) is 9.48 Å². The monoisotopic (exact) mass is 261 g/mol. The molecular weight excluding hydrogens is 241 g/mol. The largest absolute Gasteiger partial charge is 1.00 e. The molecule has 0 saturated carbocycles. The molecule has 0 aliphatic carbocycles. The first-order chi connectivity index (χ1) is 6.45. The predicted octanol–water partition coefficient (Wildman–Crippen LogP) is -1.75. The number of quaternary nitrogens is 1. The number of hydrogen-bond acceptors (Lipinski definition) is 3. The Labute approximate surface area is 103 Å². The molecule has 0 amide bonds. The highest BCUT2D eigenvalue weighted by Crippen LogP contribution is 2.01. The minimum absolute atomic E-state index is 0. The molecule has 0 aromatic carbocycles. The lowest BCUT2D eigenvalue weighted by molar-refractivity contribution is -1.07. The molecule has 0 fully saturated rings. The minimum Gasteiger partial charge on any atom is -1.00 e. The number of nitrogens with zero attached hydrogens (tertiary/aromatic N) is 1. The standard InChI is InChI=1S/C9H21ClNO3.ClH/c1-9(14-11(2,3)4)13-8-7-12-6-5-10;/h9H,5-8H2,1-4H3;1H/q+1;/p-1. The zero-order chi connectivity index (χ0) is 11.0. The number of rotatable bonds is 8. The van der Waals surface area contributed by atoms with Gasteiger partial charge in [-0.05, 0) is 6.92 Å². The molecule has 0 aliphatic heterocycles. The molecule has 0 aromatic rings. The number of hydroxylamine groups is 3. The Bertz CT molecular complexity index is 142. The molecule has 0 rings (SSSR count). The number of alkyl halides is 1. The fraction of sp³-hybridized carbons (Fsp3) is 1.00. The first-order valence-electron chi connectivity index (χ1n) is 4.71. The van der Waals surface area contributed by atoms with Gasteiger partial charge in [0.15, 0.2) is 0 Å². The SMILES string of the molecule is CC(OCCOCCCl)O[N+](C)(C)C.[Cl-]. The van der Waals surface area contributed by atoms with E-state index in [2.05, 4.69) is 0 Å². The summed E-state index contributed by atoms with van der Waals surface area (Å²) in [6, 6.07) is 0. The average molecular weight is 262 g/mol. The van der Waals surface area contributed by atoms with Gasteiger partial charge in [-0.1, -0.05) is 0 Å². The van der Waals surface area contributed by atoms with Crippen LogP contribution in [0.5, 0.6) is 0 Å². The van der Waals surface area contributed by atoms with E-state index in [0.717, 1.165) is 0 Å². The fourth-order valence-electron chi connectivity index (χ4n) is 0.905. The molecule has 0 aliphatic rings. The van der Waals surface area contributed by atoms with Gasteiger partial charge in [0.2, 0.25) is 6.29 Å². The van der Waals surface area contributed by atoms with Crippen LogP contribution in [0.4, 0.5) is 0 Å². The van der Waals surface area contributed by atoms with Crippen LogP contribution in [0, 0.1) is 0 Å². The molecule has 94 valence electrons. The summed E-state index contributed by atoms with van der Waals surface area (Å²) in [5.74, 6) is 0.519. The van der Waals surface area contributed by atoms with Crippen molar-refractivity contribution >= 4 is 11.6 Å². The molecular formula is C9H21Cl2NO3. The Morgan fingerprint density at radius 2 is 1.73 bits per heavy atom. The molecule has 15 heavy (non-hydrogen) atoms. The van der Waals surface area contributed by atoms with Gasteiger partial charge < -0.3 is 21.9 Å². The van der Waals surface area contributed by atoms with Crippen LogP contribution in [0.2, 0.25) is 0 Å². The summed E-state index contributed by atoms with van der Waals surface area (Å²) < 4.78 is 10.9. The smallest absolute Gasteiger partial charge is 0.212 e. The van der Waals surface area contributed by atoms with Crippen molar-refractivity contribution in [2.75, 3.05) is 46.8 Å². The highest BCUT2D eigenvalue weighted by atomic mass is 35.5. The molecule has 0 bridgehead atoms. The van der Waals surface area contributed by atoms with Crippen LogP contribution in [0.3, 0.4) is 0 Å². The van der Waals surface area contributed by atoms with Crippen molar-refractivity contribution in [3.63, 3.8) is 0 Å². The topological polar surface area (TPSA) is 27.7 Å². The highest BCUT2D eigenvalue weighted by molar-refractivity contribution is 6.17. The van der Waals surface area contributed by atoms with Gasteiger partial charge >= 0.3 is 0 Å². The quantitative estimate of drug-likeness (QED) is 0.171. The highest BCUT2D eigenvalue weighted by Gasteiger charge is 2.14. The second-order valence-corrected chi connectivity index (χ2v) is 4.11. The van der Waals surface area contributed by atoms with Crippen LogP contribution in [-0.2, 0) is 14.3 Å². The van der Waals surface area contributed by atoms with Crippen LogP contribution in [-0.4, -0.2) is 57.8 Å². The summed E-state index contributed by atoms with van der Waals surface area (Å²) >= 11 is 5.44. The van der Waals surface area contributed by atoms with Crippen molar-refractivity contribution in [2.45, 2.75) is 13.2 Å². The van der Waals surface area contributed by atoms with E-state index >= 15 is 0 Å². The van der Waals surface area contributed by atoms with Crippen LogP contribution < -0.4 is 12.4 Å².